The van der Waals surface area contributed by atoms with Gasteiger partial charge >= 0.3 is 0 Å². The van der Waals surface area contributed by atoms with Gasteiger partial charge in [0.1, 0.15) is 6.04 Å². The molecule has 0 spiro atoms. The number of rotatable bonds is 3. The average Bonchev–Trinajstić information content (AvgIpc) is 2.91. The van der Waals surface area contributed by atoms with Gasteiger partial charge in [-0.15, -0.1) is 0 Å². The van der Waals surface area contributed by atoms with Gasteiger partial charge in [0.25, 0.3) is 5.95 Å². The van der Waals surface area contributed by atoms with E-state index in [1.807, 2.05) is 25.7 Å². The Morgan fingerprint density at radius 3 is 2.70 bits per heavy atom. The molecule has 0 bridgehead atoms. The summed E-state index contributed by atoms with van der Waals surface area (Å²) in [5.74, 6) is 1.26. The van der Waals surface area contributed by atoms with Gasteiger partial charge in [0.2, 0.25) is 11.8 Å². The van der Waals surface area contributed by atoms with E-state index in [2.05, 4.69) is 15.5 Å². The van der Waals surface area contributed by atoms with Crippen molar-refractivity contribution in [3.8, 4) is 0 Å². The molecular weight excluding hydrogens is 256 g/mol. The second-order valence-electron chi connectivity index (χ2n) is 6.78. The normalized spacial score (nSPS) is 23.1. The summed E-state index contributed by atoms with van der Waals surface area (Å²) < 4.78 is 5.33. The number of anilines is 1. The molecule has 1 aromatic rings. The van der Waals surface area contributed by atoms with E-state index in [0.29, 0.717) is 17.9 Å². The van der Waals surface area contributed by atoms with Gasteiger partial charge in [-0.25, -0.2) is 0 Å². The van der Waals surface area contributed by atoms with Crippen LogP contribution in [-0.2, 0) is 10.2 Å². The van der Waals surface area contributed by atoms with Gasteiger partial charge in [0, 0.05) is 18.0 Å². The minimum absolute atomic E-state index is 0.104. The molecule has 3 rings (SSSR count). The predicted octanol–water partition coefficient (Wildman–Crippen LogP) is 1.61. The molecule has 1 amide bonds. The summed E-state index contributed by atoms with van der Waals surface area (Å²) in [5.41, 5.74) is -0.170. The topological polar surface area (TPSA) is 71.3 Å². The van der Waals surface area contributed by atoms with Gasteiger partial charge < -0.3 is 14.7 Å². The zero-order chi connectivity index (χ0) is 14.3. The molecule has 1 saturated heterocycles. The number of aromatic nitrogens is 2. The van der Waals surface area contributed by atoms with Crippen LogP contribution in [-0.4, -0.2) is 34.7 Å². The molecule has 6 heteroatoms. The molecule has 110 valence electrons. The molecule has 2 fully saturated rings. The third kappa shape index (κ3) is 2.64. The van der Waals surface area contributed by atoms with Crippen molar-refractivity contribution in [1.29, 1.82) is 0 Å². The van der Waals surface area contributed by atoms with Gasteiger partial charge in [-0.05, 0) is 30.8 Å². The van der Waals surface area contributed by atoms with Crippen LogP contribution >= 0.6 is 0 Å². The summed E-state index contributed by atoms with van der Waals surface area (Å²) >= 11 is 0. The summed E-state index contributed by atoms with van der Waals surface area (Å²) in [6.45, 7) is 6.91. The molecule has 0 radical (unpaired) electrons. The van der Waals surface area contributed by atoms with Crippen molar-refractivity contribution in [2.75, 3.05) is 11.4 Å². The maximum atomic E-state index is 12.2. The third-order valence-electron chi connectivity index (χ3n) is 3.79. The van der Waals surface area contributed by atoms with Gasteiger partial charge in [0.15, 0.2) is 0 Å². The number of carbonyl (C=O) groups is 1. The highest BCUT2D eigenvalue weighted by Gasteiger charge is 2.36. The SMILES string of the molecule is CC(C)(C)c1nc(N2CCCC2C(=O)NC2CC2)no1. The van der Waals surface area contributed by atoms with E-state index < -0.39 is 0 Å². The average molecular weight is 278 g/mol. The van der Waals surface area contributed by atoms with Gasteiger partial charge in [0.05, 0.1) is 0 Å². The Bertz CT molecular complexity index is 502. The van der Waals surface area contributed by atoms with Crippen molar-refractivity contribution < 1.29 is 9.32 Å². The summed E-state index contributed by atoms with van der Waals surface area (Å²) in [5, 5.41) is 7.12. The first-order valence-corrected chi connectivity index (χ1v) is 7.36. The second-order valence-corrected chi connectivity index (χ2v) is 6.78. The largest absolute Gasteiger partial charge is 0.352 e. The van der Waals surface area contributed by atoms with E-state index in [9.17, 15) is 4.79 Å². The van der Waals surface area contributed by atoms with Crippen LogP contribution in [0.5, 0.6) is 0 Å². The Labute approximate surface area is 118 Å². The van der Waals surface area contributed by atoms with E-state index in [0.717, 1.165) is 32.2 Å². The monoisotopic (exact) mass is 278 g/mol. The highest BCUT2D eigenvalue weighted by molar-refractivity contribution is 5.85. The molecule has 1 atom stereocenters. The smallest absolute Gasteiger partial charge is 0.266 e. The van der Waals surface area contributed by atoms with E-state index >= 15 is 0 Å². The lowest BCUT2D eigenvalue weighted by Crippen LogP contribution is -2.44. The lowest BCUT2D eigenvalue weighted by atomic mass is 9.97. The van der Waals surface area contributed by atoms with Crippen LogP contribution < -0.4 is 10.2 Å². The van der Waals surface area contributed by atoms with E-state index in [-0.39, 0.29) is 17.4 Å². The molecule has 1 aliphatic carbocycles. The zero-order valence-electron chi connectivity index (χ0n) is 12.3. The maximum Gasteiger partial charge on any atom is 0.266 e. The number of carbonyl (C=O) groups excluding carboxylic acids is 1. The molecule has 6 nitrogen and oxygen atoms in total. The molecular formula is C14H22N4O2. The molecule has 2 heterocycles. The minimum Gasteiger partial charge on any atom is -0.352 e. The molecule has 2 aliphatic rings. The summed E-state index contributed by atoms with van der Waals surface area (Å²) in [4.78, 5) is 18.7. The molecule has 20 heavy (non-hydrogen) atoms. The van der Waals surface area contributed by atoms with E-state index in [1.165, 1.54) is 0 Å². The van der Waals surface area contributed by atoms with Gasteiger partial charge in [-0.1, -0.05) is 20.8 Å². The van der Waals surface area contributed by atoms with Gasteiger partial charge in [-0.3, -0.25) is 4.79 Å². The minimum atomic E-state index is -0.170. The van der Waals surface area contributed by atoms with Crippen molar-refractivity contribution in [2.24, 2.45) is 0 Å². The lowest BCUT2D eigenvalue weighted by Gasteiger charge is -2.21. The van der Waals surface area contributed by atoms with Crippen LogP contribution in [0.15, 0.2) is 4.52 Å². The quantitative estimate of drug-likeness (QED) is 0.909. The highest BCUT2D eigenvalue weighted by Crippen LogP contribution is 2.28. The van der Waals surface area contributed by atoms with Crippen molar-refractivity contribution >= 4 is 11.9 Å². The Kier molecular flexibility index (Phi) is 3.18. The molecule has 1 saturated carbocycles. The Balaban J connectivity index is 1.74. The van der Waals surface area contributed by atoms with Crippen molar-refractivity contribution in [3.63, 3.8) is 0 Å². The van der Waals surface area contributed by atoms with Crippen molar-refractivity contribution in [1.82, 2.24) is 15.5 Å². The third-order valence-corrected chi connectivity index (χ3v) is 3.79. The first-order chi connectivity index (χ1) is 9.45. The molecule has 1 aliphatic heterocycles. The number of hydrogen-bond acceptors (Lipinski definition) is 5. The van der Waals surface area contributed by atoms with Crippen molar-refractivity contribution in [3.05, 3.63) is 5.89 Å². The fourth-order valence-electron chi connectivity index (χ4n) is 2.44. The standard InChI is InChI=1S/C14H22N4O2/c1-14(2,3)12-16-13(17-20-12)18-8-4-5-10(18)11(19)15-9-6-7-9/h9-10H,4-8H2,1-3H3,(H,15,19). The fraction of sp³-hybridized carbons (Fsp3) is 0.786. The van der Waals surface area contributed by atoms with Crippen LogP contribution in [0, 0.1) is 0 Å². The highest BCUT2D eigenvalue weighted by atomic mass is 16.5. The predicted molar refractivity (Wildman–Crippen MR) is 74.5 cm³/mol. The lowest BCUT2D eigenvalue weighted by molar-refractivity contribution is -0.122. The van der Waals surface area contributed by atoms with Crippen LogP contribution in [0.4, 0.5) is 5.95 Å². The van der Waals surface area contributed by atoms with Crippen LogP contribution in [0.1, 0.15) is 52.3 Å². The molecule has 0 aromatic carbocycles. The summed E-state index contributed by atoms with van der Waals surface area (Å²) in [7, 11) is 0. The number of hydrogen-bond donors (Lipinski definition) is 1. The van der Waals surface area contributed by atoms with E-state index in [4.69, 9.17) is 4.52 Å². The fourth-order valence-corrected chi connectivity index (χ4v) is 2.44. The zero-order valence-corrected chi connectivity index (χ0v) is 12.3. The first-order valence-electron chi connectivity index (χ1n) is 7.36. The number of nitrogens with zero attached hydrogens (tertiary/aromatic N) is 3. The second kappa shape index (κ2) is 4.75. The molecule has 1 N–H and O–H groups in total. The van der Waals surface area contributed by atoms with Crippen LogP contribution in [0.2, 0.25) is 0 Å². The molecule has 1 aromatic heterocycles. The maximum absolute atomic E-state index is 12.2. The van der Waals surface area contributed by atoms with Crippen molar-refractivity contribution in [2.45, 2.75) is 64.0 Å². The summed E-state index contributed by atoms with van der Waals surface area (Å²) in [6.07, 6.45) is 4.06. The van der Waals surface area contributed by atoms with Crippen LogP contribution in [0.25, 0.3) is 0 Å². The number of amides is 1. The Hall–Kier alpha value is -1.59. The Morgan fingerprint density at radius 2 is 2.10 bits per heavy atom. The first kappa shape index (κ1) is 13.4. The molecule has 1 unspecified atom stereocenters. The number of nitrogens with one attached hydrogen (secondary N) is 1. The van der Waals surface area contributed by atoms with Gasteiger partial charge in [-0.2, -0.15) is 4.98 Å². The summed E-state index contributed by atoms with van der Waals surface area (Å²) in [6, 6.07) is 0.237. The Morgan fingerprint density at radius 1 is 1.35 bits per heavy atom. The van der Waals surface area contributed by atoms with E-state index in [1.54, 1.807) is 0 Å². The van der Waals surface area contributed by atoms with Crippen LogP contribution in [0.3, 0.4) is 0 Å².